The quantitative estimate of drug-likeness (QED) is 0.860. The molecule has 2 aromatic rings. The van der Waals surface area contributed by atoms with Gasteiger partial charge in [0.15, 0.2) is 5.82 Å². The van der Waals surface area contributed by atoms with Crippen molar-refractivity contribution in [2.75, 3.05) is 0 Å². The second-order valence-corrected chi connectivity index (χ2v) is 5.65. The normalized spacial score (nSPS) is 15.8. The molecular weight excluding hydrogens is 254 g/mol. The van der Waals surface area contributed by atoms with Crippen LogP contribution in [0.5, 0.6) is 0 Å². The van der Waals surface area contributed by atoms with Gasteiger partial charge in [-0.05, 0) is 25.0 Å². The molecule has 0 spiro atoms. The molecule has 0 atom stereocenters. The Balaban J connectivity index is 2.20. The Morgan fingerprint density at radius 2 is 2.11 bits per heavy atom. The van der Waals surface area contributed by atoms with E-state index >= 15 is 0 Å². The van der Waals surface area contributed by atoms with Crippen LogP contribution in [0.4, 0.5) is 0 Å². The second-order valence-electron chi connectivity index (χ2n) is 4.19. The monoisotopic (exact) mass is 265 g/mol. The average Bonchev–Trinajstić information content (AvgIpc) is 3.07. The molecule has 1 saturated carbocycles. The fourth-order valence-electron chi connectivity index (χ4n) is 1.82. The lowest BCUT2D eigenvalue weighted by Gasteiger charge is -2.06. The second kappa shape index (κ2) is 3.85. The molecule has 0 unspecified atom stereocenters. The fraction of sp³-hybridized carbons (Fsp3) is 0.300. The van der Waals surface area contributed by atoms with E-state index < -0.39 is 10.0 Å². The highest BCUT2D eigenvalue weighted by atomic mass is 32.2. The summed E-state index contributed by atoms with van der Waals surface area (Å²) in [4.78, 5) is 3.99. The van der Waals surface area contributed by atoms with Gasteiger partial charge in [0, 0.05) is 24.0 Å². The molecule has 0 radical (unpaired) electrons. The molecule has 8 heteroatoms. The number of rotatable bonds is 3. The summed E-state index contributed by atoms with van der Waals surface area (Å²) in [5.74, 6) is 0.495. The van der Waals surface area contributed by atoms with Gasteiger partial charge in [-0.25, -0.2) is 13.6 Å². The predicted octanol–water partition coefficient (Wildman–Crippen LogP) is 0.322. The summed E-state index contributed by atoms with van der Waals surface area (Å²) in [6.07, 6.45) is 5.08. The van der Waals surface area contributed by atoms with Gasteiger partial charge in [-0.2, -0.15) is 0 Å². The molecule has 1 aliphatic carbocycles. The zero-order valence-electron chi connectivity index (χ0n) is 9.39. The third-order valence-corrected chi connectivity index (χ3v) is 3.54. The Hall–Kier alpha value is -1.80. The fourth-order valence-corrected chi connectivity index (χ4v) is 2.49. The largest absolute Gasteiger partial charge is 0.294 e. The topological polar surface area (TPSA) is 104 Å². The van der Waals surface area contributed by atoms with Crippen molar-refractivity contribution in [1.29, 1.82) is 0 Å². The van der Waals surface area contributed by atoms with E-state index in [2.05, 4.69) is 15.2 Å². The number of nitrogens with zero attached hydrogens (tertiary/aromatic N) is 4. The maximum Gasteiger partial charge on any atom is 0.273 e. The van der Waals surface area contributed by atoms with Gasteiger partial charge in [0.2, 0.25) is 0 Å². The number of nitrogens with two attached hydrogens (primary N) is 1. The Kier molecular flexibility index (Phi) is 2.42. The van der Waals surface area contributed by atoms with Crippen molar-refractivity contribution in [3.63, 3.8) is 0 Å². The zero-order valence-corrected chi connectivity index (χ0v) is 10.2. The van der Waals surface area contributed by atoms with Crippen LogP contribution < -0.4 is 5.14 Å². The minimum atomic E-state index is -3.86. The highest BCUT2D eigenvalue weighted by Crippen LogP contribution is 2.39. The van der Waals surface area contributed by atoms with Gasteiger partial charge in [-0.15, -0.1) is 10.2 Å². The van der Waals surface area contributed by atoms with Crippen LogP contribution in [-0.2, 0) is 10.0 Å². The summed E-state index contributed by atoms with van der Waals surface area (Å²) < 4.78 is 24.5. The third-order valence-electron chi connectivity index (χ3n) is 2.75. The number of aromatic nitrogens is 4. The molecule has 1 fully saturated rings. The van der Waals surface area contributed by atoms with E-state index in [0.29, 0.717) is 5.82 Å². The molecule has 94 valence electrons. The molecular formula is C10H11N5O2S. The number of pyridine rings is 1. The first kappa shape index (κ1) is 11.3. The van der Waals surface area contributed by atoms with Gasteiger partial charge in [0.05, 0.1) is 0 Å². The standard InChI is InChI=1S/C10H11N5O2S/c11-18(16,17)10-14-13-9(15(10)8-3-4-8)7-2-1-5-12-6-7/h1-2,5-6,8H,3-4H2,(H2,11,16,17). The number of hydrogen-bond donors (Lipinski definition) is 1. The van der Waals surface area contributed by atoms with Gasteiger partial charge in [-0.1, -0.05) is 0 Å². The third kappa shape index (κ3) is 1.89. The average molecular weight is 265 g/mol. The summed E-state index contributed by atoms with van der Waals surface area (Å²) >= 11 is 0. The first-order chi connectivity index (χ1) is 8.57. The molecule has 0 bridgehead atoms. The van der Waals surface area contributed by atoms with Gasteiger partial charge >= 0.3 is 0 Å². The molecule has 0 saturated heterocycles. The number of hydrogen-bond acceptors (Lipinski definition) is 5. The van der Waals surface area contributed by atoms with Crippen LogP contribution in [-0.4, -0.2) is 28.2 Å². The highest BCUT2D eigenvalue weighted by molar-refractivity contribution is 7.89. The minimum absolute atomic E-state index is 0.114. The van der Waals surface area contributed by atoms with Crippen LogP contribution in [0.2, 0.25) is 0 Å². The molecule has 0 aliphatic heterocycles. The zero-order chi connectivity index (χ0) is 12.8. The number of sulfonamides is 1. The molecule has 0 amide bonds. The Bertz CT molecular complexity index is 676. The Morgan fingerprint density at radius 1 is 1.33 bits per heavy atom. The van der Waals surface area contributed by atoms with Crippen molar-refractivity contribution in [3.05, 3.63) is 24.5 Å². The lowest BCUT2D eigenvalue weighted by atomic mass is 10.3. The first-order valence-electron chi connectivity index (χ1n) is 5.45. The van der Waals surface area contributed by atoms with Crippen LogP contribution in [0.3, 0.4) is 0 Å². The van der Waals surface area contributed by atoms with E-state index in [-0.39, 0.29) is 11.2 Å². The van der Waals surface area contributed by atoms with Crippen molar-refractivity contribution in [1.82, 2.24) is 19.7 Å². The predicted molar refractivity (Wildman–Crippen MR) is 62.9 cm³/mol. The first-order valence-corrected chi connectivity index (χ1v) is 7.00. The number of primary sulfonamides is 1. The molecule has 2 N–H and O–H groups in total. The van der Waals surface area contributed by atoms with E-state index in [4.69, 9.17) is 5.14 Å². The molecule has 2 aromatic heterocycles. The highest BCUT2D eigenvalue weighted by Gasteiger charge is 2.33. The van der Waals surface area contributed by atoms with Crippen molar-refractivity contribution in [2.24, 2.45) is 5.14 Å². The molecule has 3 rings (SSSR count). The Labute approximate surface area is 104 Å². The van der Waals surface area contributed by atoms with Gasteiger partial charge < -0.3 is 0 Å². The smallest absolute Gasteiger partial charge is 0.273 e. The van der Waals surface area contributed by atoms with Crippen molar-refractivity contribution >= 4 is 10.0 Å². The van der Waals surface area contributed by atoms with E-state index in [1.807, 2.05) is 6.07 Å². The molecule has 18 heavy (non-hydrogen) atoms. The van der Waals surface area contributed by atoms with Crippen LogP contribution >= 0.6 is 0 Å². The summed E-state index contributed by atoms with van der Waals surface area (Å²) in [5.41, 5.74) is 0.729. The Morgan fingerprint density at radius 3 is 2.67 bits per heavy atom. The molecule has 1 aliphatic rings. The maximum absolute atomic E-state index is 11.5. The van der Waals surface area contributed by atoms with Gasteiger partial charge in [0.25, 0.3) is 15.2 Å². The molecule has 0 aromatic carbocycles. The lowest BCUT2D eigenvalue weighted by molar-refractivity contribution is 0.567. The van der Waals surface area contributed by atoms with E-state index in [0.717, 1.165) is 18.4 Å². The summed E-state index contributed by atoms with van der Waals surface area (Å²) in [5, 5.41) is 12.6. The van der Waals surface area contributed by atoms with Gasteiger partial charge in [-0.3, -0.25) is 9.55 Å². The van der Waals surface area contributed by atoms with E-state index in [9.17, 15) is 8.42 Å². The maximum atomic E-state index is 11.5. The van der Waals surface area contributed by atoms with Crippen molar-refractivity contribution in [2.45, 2.75) is 24.0 Å². The van der Waals surface area contributed by atoms with Crippen LogP contribution in [0.25, 0.3) is 11.4 Å². The van der Waals surface area contributed by atoms with E-state index in [1.54, 1.807) is 23.0 Å². The lowest BCUT2D eigenvalue weighted by Crippen LogP contribution is -2.18. The van der Waals surface area contributed by atoms with Crippen molar-refractivity contribution in [3.8, 4) is 11.4 Å². The van der Waals surface area contributed by atoms with Gasteiger partial charge in [0.1, 0.15) is 0 Å². The molecule has 2 heterocycles. The van der Waals surface area contributed by atoms with Crippen LogP contribution in [0.1, 0.15) is 18.9 Å². The van der Waals surface area contributed by atoms with E-state index in [1.165, 1.54) is 0 Å². The van der Waals surface area contributed by atoms with Crippen LogP contribution in [0.15, 0.2) is 29.7 Å². The minimum Gasteiger partial charge on any atom is -0.294 e. The van der Waals surface area contributed by atoms with Crippen LogP contribution in [0, 0.1) is 0 Å². The molecule has 7 nitrogen and oxygen atoms in total. The van der Waals surface area contributed by atoms with Crippen molar-refractivity contribution < 1.29 is 8.42 Å². The SMILES string of the molecule is NS(=O)(=O)c1nnc(-c2cccnc2)n1C1CC1. The summed E-state index contributed by atoms with van der Waals surface area (Å²) in [7, 11) is -3.86. The summed E-state index contributed by atoms with van der Waals surface area (Å²) in [6.45, 7) is 0. The summed E-state index contributed by atoms with van der Waals surface area (Å²) in [6, 6.07) is 3.68.